The van der Waals surface area contributed by atoms with Gasteiger partial charge in [-0.05, 0) is 12.1 Å². The van der Waals surface area contributed by atoms with Gasteiger partial charge in [0.05, 0.1) is 18.0 Å². The van der Waals surface area contributed by atoms with Crippen molar-refractivity contribution in [2.75, 3.05) is 0 Å². The molecule has 0 fully saturated rings. The quantitative estimate of drug-likeness (QED) is 0.754. The van der Waals surface area contributed by atoms with Gasteiger partial charge in [-0.1, -0.05) is 0 Å². The molecule has 0 radical (unpaired) electrons. The predicted molar refractivity (Wildman–Crippen MR) is 62.4 cm³/mol. The molecule has 1 unspecified atom stereocenters. The molecule has 0 aliphatic carbocycles. The zero-order valence-corrected chi connectivity index (χ0v) is 9.35. The van der Waals surface area contributed by atoms with E-state index in [4.69, 9.17) is 10.2 Å². The fourth-order valence-electron chi connectivity index (χ4n) is 1.70. The van der Waals surface area contributed by atoms with Gasteiger partial charge >= 0.3 is 0 Å². The highest BCUT2D eigenvalue weighted by atomic mass is 32.1. The van der Waals surface area contributed by atoms with E-state index in [2.05, 4.69) is 4.98 Å². The van der Waals surface area contributed by atoms with Crippen LogP contribution in [0.5, 0.6) is 0 Å². The Bertz CT molecular complexity index is 553. The van der Waals surface area contributed by atoms with Gasteiger partial charge in [-0.2, -0.15) is 0 Å². The maximum absolute atomic E-state index is 6.02. The molecule has 5 heteroatoms. The molecule has 0 aliphatic heterocycles. The molecule has 3 heterocycles. The van der Waals surface area contributed by atoms with Crippen LogP contribution < -0.4 is 5.73 Å². The first-order valence-electron chi connectivity index (χ1n) is 5.03. The van der Waals surface area contributed by atoms with Gasteiger partial charge in [0.1, 0.15) is 5.76 Å². The molecule has 3 rings (SSSR count). The molecule has 82 valence electrons. The molecular weight excluding hydrogens is 222 g/mol. The Hall–Kier alpha value is -1.59. The second kappa shape index (κ2) is 3.77. The summed E-state index contributed by atoms with van der Waals surface area (Å²) in [6.07, 6.45) is 6.34. The minimum Gasteiger partial charge on any atom is -0.468 e. The van der Waals surface area contributed by atoms with Crippen LogP contribution in [0.3, 0.4) is 0 Å². The molecule has 0 saturated heterocycles. The lowest BCUT2D eigenvalue weighted by Gasteiger charge is -2.05. The van der Waals surface area contributed by atoms with E-state index in [9.17, 15) is 0 Å². The van der Waals surface area contributed by atoms with E-state index in [1.807, 2.05) is 34.3 Å². The number of nitrogens with two attached hydrogens (primary N) is 1. The lowest BCUT2D eigenvalue weighted by molar-refractivity contribution is 0.463. The Morgan fingerprint density at radius 2 is 2.50 bits per heavy atom. The summed E-state index contributed by atoms with van der Waals surface area (Å²) >= 11 is 1.62. The van der Waals surface area contributed by atoms with Gasteiger partial charge in [-0.15, -0.1) is 11.3 Å². The molecule has 0 saturated carbocycles. The van der Waals surface area contributed by atoms with Crippen LogP contribution >= 0.6 is 11.3 Å². The van der Waals surface area contributed by atoms with Crippen LogP contribution in [0, 0.1) is 0 Å². The van der Waals surface area contributed by atoms with Crippen LogP contribution in [0.25, 0.3) is 4.96 Å². The minimum absolute atomic E-state index is 0.125. The SMILES string of the molecule is NC(Cc1cn2ccsc2n1)c1ccco1. The monoisotopic (exact) mass is 233 g/mol. The van der Waals surface area contributed by atoms with E-state index in [0.717, 1.165) is 16.4 Å². The third kappa shape index (κ3) is 1.64. The smallest absolute Gasteiger partial charge is 0.193 e. The highest BCUT2D eigenvalue weighted by molar-refractivity contribution is 7.15. The molecule has 0 aromatic carbocycles. The number of rotatable bonds is 3. The largest absolute Gasteiger partial charge is 0.468 e. The van der Waals surface area contributed by atoms with Crippen molar-refractivity contribution >= 4 is 16.3 Å². The number of fused-ring (bicyclic) bond motifs is 1. The van der Waals surface area contributed by atoms with Crippen molar-refractivity contribution in [3.8, 4) is 0 Å². The van der Waals surface area contributed by atoms with Crippen LogP contribution in [0.4, 0.5) is 0 Å². The molecule has 3 aromatic heterocycles. The van der Waals surface area contributed by atoms with Gasteiger partial charge in [-0.3, -0.25) is 4.40 Å². The standard InChI is InChI=1S/C11H11N3OS/c12-9(10-2-1-4-15-10)6-8-7-14-3-5-16-11(14)13-8/h1-5,7,9H,6,12H2. The second-order valence-corrected chi connectivity index (χ2v) is 4.52. The molecule has 16 heavy (non-hydrogen) atoms. The van der Waals surface area contributed by atoms with Crippen molar-refractivity contribution in [1.29, 1.82) is 0 Å². The van der Waals surface area contributed by atoms with Crippen molar-refractivity contribution < 1.29 is 4.42 Å². The number of thiazole rings is 1. The molecule has 3 aromatic rings. The molecule has 0 aliphatic rings. The van der Waals surface area contributed by atoms with Crippen LogP contribution in [0.2, 0.25) is 0 Å². The highest BCUT2D eigenvalue weighted by Gasteiger charge is 2.12. The van der Waals surface area contributed by atoms with Gasteiger partial charge in [-0.25, -0.2) is 4.98 Å². The van der Waals surface area contributed by atoms with Gasteiger partial charge in [0.25, 0.3) is 0 Å². The number of imidazole rings is 1. The number of nitrogens with zero attached hydrogens (tertiary/aromatic N) is 2. The fraction of sp³-hybridized carbons (Fsp3) is 0.182. The van der Waals surface area contributed by atoms with E-state index in [-0.39, 0.29) is 6.04 Å². The topological polar surface area (TPSA) is 56.5 Å². The van der Waals surface area contributed by atoms with E-state index in [1.54, 1.807) is 17.6 Å². The molecule has 0 bridgehead atoms. The van der Waals surface area contributed by atoms with E-state index >= 15 is 0 Å². The Kier molecular flexibility index (Phi) is 2.27. The van der Waals surface area contributed by atoms with Crippen molar-refractivity contribution in [2.24, 2.45) is 5.73 Å². The summed E-state index contributed by atoms with van der Waals surface area (Å²) < 4.78 is 7.27. The molecular formula is C11H11N3OS. The summed E-state index contributed by atoms with van der Waals surface area (Å²) in [4.78, 5) is 5.48. The summed E-state index contributed by atoms with van der Waals surface area (Å²) in [7, 11) is 0. The highest BCUT2D eigenvalue weighted by Crippen LogP contribution is 2.18. The number of hydrogen-bond acceptors (Lipinski definition) is 4. The maximum atomic E-state index is 6.02. The van der Waals surface area contributed by atoms with E-state index < -0.39 is 0 Å². The maximum Gasteiger partial charge on any atom is 0.193 e. The summed E-state index contributed by atoms with van der Waals surface area (Å²) in [6, 6.07) is 3.61. The van der Waals surface area contributed by atoms with Crippen molar-refractivity contribution in [3.05, 3.63) is 47.6 Å². The Morgan fingerprint density at radius 1 is 1.56 bits per heavy atom. The zero-order chi connectivity index (χ0) is 11.0. The summed E-state index contributed by atoms with van der Waals surface area (Å²) in [5.74, 6) is 0.802. The lowest BCUT2D eigenvalue weighted by atomic mass is 10.1. The Labute approximate surface area is 96.3 Å². The molecule has 1 atom stereocenters. The van der Waals surface area contributed by atoms with Crippen LogP contribution in [-0.2, 0) is 6.42 Å². The summed E-state index contributed by atoms with van der Waals surface area (Å²) in [5, 5.41) is 2.01. The molecule has 2 N–H and O–H groups in total. The van der Waals surface area contributed by atoms with E-state index in [1.165, 1.54) is 0 Å². The van der Waals surface area contributed by atoms with Crippen molar-refractivity contribution in [2.45, 2.75) is 12.5 Å². The molecule has 0 amide bonds. The fourth-order valence-corrected chi connectivity index (χ4v) is 2.42. The van der Waals surface area contributed by atoms with Gasteiger partial charge in [0.2, 0.25) is 0 Å². The second-order valence-electron chi connectivity index (χ2n) is 3.65. The number of furan rings is 1. The van der Waals surface area contributed by atoms with Crippen LogP contribution in [0.1, 0.15) is 17.5 Å². The van der Waals surface area contributed by atoms with E-state index in [0.29, 0.717) is 6.42 Å². The van der Waals surface area contributed by atoms with Crippen molar-refractivity contribution in [3.63, 3.8) is 0 Å². The minimum atomic E-state index is -0.125. The molecule has 0 spiro atoms. The number of hydrogen-bond donors (Lipinski definition) is 1. The average molecular weight is 233 g/mol. The zero-order valence-electron chi connectivity index (χ0n) is 8.54. The Morgan fingerprint density at radius 3 is 3.25 bits per heavy atom. The number of aromatic nitrogens is 2. The first-order chi connectivity index (χ1) is 7.83. The normalized spacial score (nSPS) is 13.3. The Balaban J connectivity index is 1.82. The summed E-state index contributed by atoms with van der Waals surface area (Å²) in [5.41, 5.74) is 7.02. The van der Waals surface area contributed by atoms with Gasteiger partial charge in [0.15, 0.2) is 4.96 Å². The summed E-state index contributed by atoms with van der Waals surface area (Å²) in [6.45, 7) is 0. The van der Waals surface area contributed by atoms with Crippen LogP contribution in [0.15, 0.2) is 40.6 Å². The molecule has 4 nitrogen and oxygen atoms in total. The first kappa shape index (κ1) is 9.62. The van der Waals surface area contributed by atoms with Gasteiger partial charge < -0.3 is 10.2 Å². The predicted octanol–water partition coefficient (Wildman–Crippen LogP) is 2.23. The first-order valence-corrected chi connectivity index (χ1v) is 5.91. The van der Waals surface area contributed by atoms with Crippen LogP contribution in [-0.4, -0.2) is 9.38 Å². The third-order valence-corrected chi connectivity index (χ3v) is 3.25. The lowest BCUT2D eigenvalue weighted by Crippen LogP contribution is -2.12. The third-order valence-electron chi connectivity index (χ3n) is 2.48. The van der Waals surface area contributed by atoms with Crippen molar-refractivity contribution in [1.82, 2.24) is 9.38 Å². The van der Waals surface area contributed by atoms with Gasteiger partial charge in [0, 0.05) is 24.2 Å². The average Bonchev–Trinajstić information content (AvgIpc) is 2.91.